The van der Waals surface area contributed by atoms with Gasteiger partial charge in [-0.2, -0.15) is 0 Å². The van der Waals surface area contributed by atoms with Gasteiger partial charge < -0.3 is 14.5 Å². The fourth-order valence-electron chi connectivity index (χ4n) is 3.94. The lowest BCUT2D eigenvalue weighted by molar-refractivity contribution is 0.483. The van der Waals surface area contributed by atoms with E-state index in [1.165, 1.54) is 16.1 Å². The van der Waals surface area contributed by atoms with Crippen LogP contribution in [0.15, 0.2) is 84.2 Å². The number of nitrogens with zero attached hydrogens (tertiary/aromatic N) is 3. The molecule has 0 spiro atoms. The Morgan fingerprint density at radius 1 is 0.871 bits per heavy atom. The van der Waals surface area contributed by atoms with Crippen molar-refractivity contribution in [2.24, 2.45) is 0 Å². The first kappa shape index (κ1) is 18.4. The Kier molecular flexibility index (Phi) is 4.40. The molecule has 31 heavy (non-hydrogen) atoms. The smallest absolute Gasteiger partial charge is 0.135 e. The molecule has 0 saturated heterocycles. The number of hydrogen-bond donors (Lipinski definition) is 0. The van der Waals surface area contributed by atoms with E-state index >= 15 is 0 Å². The van der Waals surface area contributed by atoms with Crippen molar-refractivity contribution < 1.29 is 4.74 Å². The standard InChI is InChI=1S/C25H19N3OS2/c1-27-16-28(22-11-3-2-10-21(22)27)18-7-5-9-20(15-18)29-19-8-4-6-17(14-19)24-26-25-23(31-24)12-13-30-25/h2-15H,16H2,1H3. The fraction of sp³-hybridized carbons (Fsp3) is 0.0800. The third kappa shape index (κ3) is 3.34. The molecule has 0 N–H and O–H groups in total. The van der Waals surface area contributed by atoms with Crippen LogP contribution in [0.5, 0.6) is 11.5 Å². The van der Waals surface area contributed by atoms with Gasteiger partial charge in [0.05, 0.1) is 22.7 Å². The second kappa shape index (κ2) is 7.41. The molecule has 0 aliphatic carbocycles. The minimum atomic E-state index is 0.812. The van der Waals surface area contributed by atoms with E-state index in [9.17, 15) is 0 Å². The van der Waals surface area contributed by atoms with Crippen molar-refractivity contribution in [3.05, 3.63) is 84.2 Å². The maximum atomic E-state index is 6.25. The van der Waals surface area contributed by atoms with Crippen LogP contribution in [-0.4, -0.2) is 18.7 Å². The Labute approximate surface area is 188 Å². The first-order chi connectivity index (χ1) is 15.2. The molecule has 6 heteroatoms. The molecule has 0 radical (unpaired) electrons. The van der Waals surface area contributed by atoms with Crippen LogP contribution in [0.1, 0.15) is 0 Å². The minimum absolute atomic E-state index is 0.812. The molecule has 5 aromatic rings. The lowest BCUT2D eigenvalue weighted by atomic mass is 10.2. The summed E-state index contributed by atoms with van der Waals surface area (Å²) >= 11 is 3.40. The number of thiazole rings is 1. The monoisotopic (exact) mass is 441 g/mol. The third-order valence-corrected chi connectivity index (χ3v) is 7.41. The van der Waals surface area contributed by atoms with Crippen LogP contribution >= 0.6 is 22.7 Å². The molecule has 6 rings (SSSR count). The Bertz CT molecular complexity index is 1360. The molecular weight excluding hydrogens is 422 g/mol. The van der Waals surface area contributed by atoms with Gasteiger partial charge in [0.1, 0.15) is 21.3 Å². The summed E-state index contributed by atoms with van der Waals surface area (Å²) in [5.41, 5.74) is 4.65. The highest BCUT2D eigenvalue weighted by molar-refractivity contribution is 7.27. The number of thiophene rings is 1. The molecule has 1 aliphatic heterocycles. The van der Waals surface area contributed by atoms with Gasteiger partial charge in [-0.1, -0.05) is 30.3 Å². The highest BCUT2D eigenvalue weighted by atomic mass is 32.1. The number of fused-ring (bicyclic) bond motifs is 2. The number of anilines is 3. The van der Waals surface area contributed by atoms with Crippen LogP contribution in [0.4, 0.5) is 17.1 Å². The van der Waals surface area contributed by atoms with Gasteiger partial charge in [-0.15, -0.1) is 22.7 Å². The Morgan fingerprint density at radius 2 is 1.68 bits per heavy atom. The van der Waals surface area contributed by atoms with Gasteiger partial charge in [0.25, 0.3) is 0 Å². The maximum Gasteiger partial charge on any atom is 0.135 e. The van der Waals surface area contributed by atoms with Gasteiger partial charge in [-0.3, -0.25) is 0 Å². The van der Waals surface area contributed by atoms with E-state index in [0.29, 0.717) is 0 Å². The lowest BCUT2D eigenvalue weighted by Gasteiger charge is -2.20. The van der Waals surface area contributed by atoms with Crippen LogP contribution in [0.2, 0.25) is 0 Å². The second-order valence-corrected chi connectivity index (χ2v) is 9.42. The first-order valence-corrected chi connectivity index (χ1v) is 11.7. The molecule has 3 aromatic carbocycles. The predicted octanol–water partition coefficient (Wildman–Crippen LogP) is 7.36. The summed E-state index contributed by atoms with van der Waals surface area (Å²) in [6.07, 6.45) is 0. The number of rotatable bonds is 4. The molecule has 1 aliphatic rings. The van der Waals surface area contributed by atoms with Crippen molar-refractivity contribution in [3.63, 3.8) is 0 Å². The van der Waals surface area contributed by atoms with Crippen molar-refractivity contribution in [3.8, 4) is 22.1 Å². The predicted molar refractivity (Wildman–Crippen MR) is 131 cm³/mol. The molecule has 0 unspecified atom stereocenters. The highest BCUT2D eigenvalue weighted by Crippen LogP contribution is 2.41. The van der Waals surface area contributed by atoms with Crippen LogP contribution in [0, 0.1) is 0 Å². The molecule has 4 nitrogen and oxygen atoms in total. The van der Waals surface area contributed by atoms with Gasteiger partial charge in [0.2, 0.25) is 0 Å². The van der Waals surface area contributed by atoms with Gasteiger partial charge in [0, 0.05) is 24.4 Å². The van der Waals surface area contributed by atoms with Crippen molar-refractivity contribution in [1.82, 2.24) is 4.98 Å². The SMILES string of the molecule is CN1CN(c2cccc(Oc3cccc(-c4nc5sccc5s4)c3)c2)c2ccccc21. The fourth-order valence-corrected chi connectivity index (χ4v) is 5.87. The van der Waals surface area contributed by atoms with Crippen LogP contribution in [0.25, 0.3) is 20.1 Å². The van der Waals surface area contributed by atoms with E-state index < -0.39 is 0 Å². The van der Waals surface area contributed by atoms with E-state index in [1.54, 1.807) is 22.7 Å². The Hall–Kier alpha value is -3.35. The molecule has 0 fully saturated rings. The summed E-state index contributed by atoms with van der Waals surface area (Å²) in [5, 5.41) is 3.11. The number of aromatic nitrogens is 1. The van der Waals surface area contributed by atoms with E-state index in [0.717, 1.165) is 39.3 Å². The molecule has 0 amide bonds. The summed E-state index contributed by atoms with van der Waals surface area (Å²) < 4.78 is 7.48. The lowest BCUT2D eigenvalue weighted by Crippen LogP contribution is -2.23. The number of benzene rings is 3. The maximum absolute atomic E-state index is 6.25. The molecule has 0 saturated carbocycles. The summed E-state index contributed by atoms with van der Waals surface area (Å²) in [4.78, 5) is 10.4. The zero-order valence-corrected chi connectivity index (χ0v) is 18.5. The summed E-state index contributed by atoms with van der Waals surface area (Å²) in [6.45, 7) is 0.819. The zero-order valence-electron chi connectivity index (χ0n) is 16.9. The molecule has 2 aromatic heterocycles. The largest absolute Gasteiger partial charge is 0.457 e. The summed E-state index contributed by atoms with van der Waals surface area (Å²) in [7, 11) is 2.12. The van der Waals surface area contributed by atoms with Crippen molar-refractivity contribution >= 4 is 49.3 Å². The third-order valence-electron chi connectivity index (χ3n) is 5.40. The van der Waals surface area contributed by atoms with Crippen molar-refractivity contribution in [2.45, 2.75) is 0 Å². The average molecular weight is 442 g/mol. The van der Waals surface area contributed by atoms with E-state index in [4.69, 9.17) is 9.72 Å². The molecule has 0 atom stereocenters. The zero-order chi connectivity index (χ0) is 20.8. The van der Waals surface area contributed by atoms with Crippen LogP contribution in [0.3, 0.4) is 0 Å². The normalized spacial score (nSPS) is 13.1. The number of para-hydroxylation sites is 2. The van der Waals surface area contributed by atoms with Gasteiger partial charge >= 0.3 is 0 Å². The molecule has 3 heterocycles. The molecular formula is C25H19N3OS2. The number of ether oxygens (including phenoxy) is 1. The summed E-state index contributed by atoms with van der Waals surface area (Å²) in [6, 6.07) is 27.0. The van der Waals surface area contributed by atoms with E-state index in [1.807, 2.05) is 24.3 Å². The van der Waals surface area contributed by atoms with Gasteiger partial charge in [0.15, 0.2) is 0 Å². The Balaban J connectivity index is 1.28. The van der Waals surface area contributed by atoms with Gasteiger partial charge in [-0.25, -0.2) is 4.98 Å². The van der Waals surface area contributed by atoms with Gasteiger partial charge in [-0.05, 0) is 47.8 Å². The highest BCUT2D eigenvalue weighted by Gasteiger charge is 2.24. The second-order valence-electron chi connectivity index (χ2n) is 7.49. The minimum Gasteiger partial charge on any atom is -0.457 e. The van der Waals surface area contributed by atoms with Crippen molar-refractivity contribution in [2.75, 3.05) is 23.5 Å². The summed E-state index contributed by atoms with van der Waals surface area (Å²) in [5.74, 6) is 1.63. The first-order valence-electron chi connectivity index (χ1n) is 10.0. The number of hydrogen-bond acceptors (Lipinski definition) is 6. The molecule has 0 bridgehead atoms. The molecule has 152 valence electrons. The van der Waals surface area contributed by atoms with E-state index in [-0.39, 0.29) is 0 Å². The van der Waals surface area contributed by atoms with E-state index in [2.05, 4.69) is 76.8 Å². The quantitative estimate of drug-likeness (QED) is 0.291. The topological polar surface area (TPSA) is 28.6 Å². The van der Waals surface area contributed by atoms with Crippen LogP contribution < -0.4 is 14.5 Å². The van der Waals surface area contributed by atoms with Crippen molar-refractivity contribution in [1.29, 1.82) is 0 Å². The Morgan fingerprint density at radius 3 is 2.55 bits per heavy atom. The average Bonchev–Trinajstić information content (AvgIpc) is 3.48. The van der Waals surface area contributed by atoms with Crippen LogP contribution in [-0.2, 0) is 0 Å².